The molecule has 2 saturated carbocycles. The molecule has 0 bridgehead atoms. The zero-order chi connectivity index (χ0) is 16.0. The zero-order valence-electron chi connectivity index (χ0n) is 13.7. The summed E-state index contributed by atoms with van der Waals surface area (Å²) in [6.45, 7) is 4.30. The Morgan fingerprint density at radius 2 is 1.91 bits per heavy atom. The van der Waals surface area contributed by atoms with Gasteiger partial charge in [0.05, 0.1) is 6.04 Å². The van der Waals surface area contributed by atoms with Crippen molar-refractivity contribution in [3.05, 3.63) is 34.9 Å². The van der Waals surface area contributed by atoms with Gasteiger partial charge in [0.2, 0.25) is 5.91 Å². The molecule has 2 unspecified atom stereocenters. The third kappa shape index (κ3) is 2.89. The highest BCUT2D eigenvalue weighted by atomic mass is 35.5. The molecule has 2 aliphatic carbocycles. The van der Waals surface area contributed by atoms with Gasteiger partial charge in [-0.3, -0.25) is 4.79 Å². The van der Waals surface area contributed by atoms with E-state index in [-0.39, 0.29) is 12.0 Å². The molecule has 0 aromatic heterocycles. The predicted octanol–water partition coefficient (Wildman–Crippen LogP) is 3.78. The van der Waals surface area contributed by atoms with Gasteiger partial charge in [0, 0.05) is 17.0 Å². The molecule has 3 nitrogen and oxygen atoms in total. The van der Waals surface area contributed by atoms with E-state index in [4.69, 9.17) is 11.6 Å². The highest BCUT2D eigenvalue weighted by molar-refractivity contribution is 6.30. The SMILES string of the molecule is CC(c1ccc(Cl)cc1)N(C(=O)C1CC12CCNCC2)C1CC1. The van der Waals surface area contributed by atoms with Crippen LogP contribution >= 0.6 is 11.6 Å². The second-order valence-corrected chi connectivity index (χ2v) is 8.01. The maximum absolute atomic E-state index is 13.2. The Morgan fingerprint density at radius 3 is 2.52 bits per heavy atom. The number of hydrogen-bond acceptors (Lipinski definition) is 2. The molecule has 23 heavy (non-hydrogen) atoms. The van der Waals surface area contributed by atoms with Crippen LogP contribution in [-0.2, 0) is 4.79 Å². The number of amides is 1. The Balaban J connectivity index is 1.52. The van der Waals surface area contributed by atoms with Crippen molar-refractivity contribution in [1.29, 1.82) is 0 Å². The first-order valence-electron chi connectivity index (χ1n) is 8.89. The Labute approximate surface area is 143 Å². The first kappa shape index (κ1) is 15.5. The number of carbonyl (C=O) groups is 1. The van der Waals surface area contributed by atoms with Gasteiger partial charge < -0.3 is 10.2 Å². The van der Waals surface area contributed by atoms with E-state index in [0.29, 0.717) is 17.4 Å². The Bertz CT molecular complexity index is 590. The van der Waals surface area contributed by atoms with Crippen molar-refractivity contribution in [1.82, 2.24) is 10.2 Å². The molecule has 2 atom stereocenters. The Hall–Kier alpha value is -1.06. The van der Waals surface area contributed by atoms with Gasteiger partial charge >= 0.3 is 0 Å². The largest absolute Gasteiger partial charge is 0.333 e. The van der Waals surface area contributed by atoms with E-state index in [0.717, 1.165) is 50.2 Å². The normalized spacial score (nSPS) is 26.8. The minimum atomic E-state index is 0.145. The monoisotopic (exact) mass is 332 g/mol. The molecule has 1 saturated heterocycles. The minimum absolute atomic E-state index is 0.145. The van der Waals surface area contributed by atoms with Gasteiger partial charge in [0.25, 0.3) is 0 Å². The molecule has 4 heteroatoms. The summed E-state index contributed by atoms with van der Waals surface area (Å²) in [5, 5.41) is 4.17. The van der Waals surface area contributed by atoms with Crippen molar-refractivity contribution < 1.29 is 4.79 Å². The number of rotatable bonds is 4. The quantitative estimate of drug-likeness (QED) is 0.910. The fraction of sp³-hybridized carbons (Fsp3) is 0.632. The van der Waals surface area contributed by atoms with E-state index in [2.05, 4.69) is 29.3 Å². The molecule has 1 amide bonds. The highest BCUT2D eigenvalue weighted by Gasteiger charge is 2.59. The van der Waals surface area contributed by atoms with Crippen LogP contribution in [0, 0.1) is 11.3 Å². The number of nitrogens with one attached hydrogen (secondary N) is 1. The lowest BCUT2D eigenvalue weighted by molar-refractivity contribution is -0.136. The maximum atomic E-state index is 13.2. The van der Waals surface area contributed by atoms with Gasteiger partial charge in [-0.1, -0.05) is 23.7 Å². The van der Waals surface area contributed by atoms with E-state index in [9.17, 15) is 4.79 Å². The fourth-order valence-electron chi connectivity index (χ4n) is 4.30. The summed E-state index contributed by atoms with van der Waals surface area (Å²) in [5.74, 6) is 0.664. The molecule has 1 heterocycles. The molecule has 124 valence electrons. The van der Waals surface area contributed by atoms with Crippen molar-refractivity contribution >= 4 is 17.5 Å². The number of halogens is 1. The molecule has 1 spiro atoms. The smallest absolute Gasteiger partial charge is 0.227 e. The molecule has 3 aliphatic rings. The van der Waals surface area contributed by atoms with Gasteiger partial charge in [0.1, 0.15) is 0 Å². The summed E-state index contributed by atoms with van der Waals surface area (Å²) in [6.07, 6.45) is 5.74. The van der Waals surface area contributed by atoms with Gasteiger partial charge in [-0.2, -0.15) is 0 Å². The van der Waals surface area contributed by atoms with Crippen LogP contribution in [-0.4, -0.2) is 29.9 Å². The van der Waals surface area contributed by atoms with Crippen LogP contribution in [0.15, 0.2) is 24.3 Å². The van der Waals surface area contributed by atoms with E-state index in [1.54, 1.807) is 0 Å². The summed E-state index contributed by atoms with van der Waals surface area (Å²) in [5.41, 5.74) is 1.50. The van der Waals surface area contributed by atoms with E-state index in [1.807, 2.05) is 12.1 Å². The van der Waals surface area contributed by atoms with Crippen molar-refractivity contribution in [2.45, 2.75) is 51.1 Å². The van der Waals surface area contributed by atoms with Crippen LogP contribution in [0.1, 0.15) is 50.6 Å². The fourth-order valence-corrected chi connectivity index (χ4v) is 4.42. The van der Waals surface area contributed by atoms with Gasteiger partial charge in [-0.05, 0) is 75.2 Å². The first-order valence-corrected chi connectivity index (χ1v) is 9.27. The lowest BCUT2D eigenvalue weighted by Crippen LogP contribution is -2.39. The Kier molecular flexibility index (Phi) is 3.89. The molecule has 1 aliphatic heterocycles. The number of benzene rings is 1. The molecule has 1 aromatic carbocycles. The molecular weight excluding hydrogens is 308 g/mol. The first-order chi connectivity index (χ1) is 11.1. The average Bonchev–Trinajstić information content (AvgIpc) is 3.47. The summed E-state index contributed by atoms with van der Waals surface area (Å²) < 4.78 is 0. The number of piperidine rings is 1. The molecule has 1 N–H and O–H groups in total. The molecule has 1 aromatic rings. The average molecular weight is 333 g/mol. The summed E-state index contributed by atoms with van der Waals surface area (Å²) in [7, 11) is 0. The predicted molar refractivity (Wildman–Crippen MR) is 92.4 cm³/mol. The molecule has 4 rings (SSSR count). The number of nitrogens with zero attached hydrogens (tertiary/aromatic N) is 1. The van der Waals surface area contributed by atoms with Crippen molar-refractivity contribution in [2.24, 2.45) is 11.3 Å². The van der Waals surface area contributed by atoms with Crippen LogP contribution in [0.4, 0.5) is 0 Å². The van der Waals surface area contributed by atoms with Crippen LogP contribution in [0.25, 0.3) is 0 Å². The number of carbonyl (C=O) groups excluding carboxylic acids is 1. The summed E-state index contributed by atoms with van der Waals surface area (Å²) >= 11 is 6.00. The third-order valence-electron chi connectivity index (χ3n) is 6.05. The summed E-state index contributed by atoms with van der Waals surface area (Å²) in [4.78, 5) is 15.4. The molecular formula is C19H25ClN2O. The topological polar surface area (TPSA) is 32.3 Å². The minimum Gasteiger partial charge on any atom is -0.333 e. The lowest BCUT2D eigenvalue weighted by Gasteiger charge is -2.32. The third-order valence-corrected chi connectivity index (χ3v) is 6.30. The highest BCUT2D eigenvalue weighted by Crippen LogP contribution is 2.60. The molecule has 3 fully saturated rings. The van der Waals surface area contributed by atoms with Crippen LogP contribution in [0.5, 0.6) is 0 Å². The van der Waals surface area contributed by atoms with Gasteiger partial charge in [-0.25, -0.2) is 0 Å². The molecule has 0 radical (unpaired) electrons. The van der Waals surface area contributed by atoms with Crippen molar-refractivity contribution in [2.75, 3.05) is 13.1 Å². The second kappa shape index (κ2) is 5.78. The maximum Gasteiger partial charge on any atom is 0.227 e. The van der Waals surface area contributed by atoms with Crippen LogP contribution in [0.3, 0.4) is 0 Å². The number of hydrogen-bond donors (Lipinski definition) is 1. The summed E-state index contributed by atoms with van der Waals surface area (Å²) in [6, 6.07) is 8.56. The van der Waals surface area contributed by atoms with Gasteiger partial charge in [-0.15, -0.1) is 0 Å². The zero-order valence-corrected chi connectivity index (χ0v) is 14.5. The lowest BCUT2D eigenvalue weighted by atomic mass is 9.91. The van der Waals surface area contributed by atoms with E-state index < -0.39 is 0 Å². The van der Waals surface area contributed by atoms with Crippen LogP contribution < -0.4 is 5.32 Å². The Morgan fingerprint density at radius 1 is 1.26 bits per heavy atom. The second-order valence-electron chi connectivity index (χ2n) is 7.57. The van der Waals surface area contributed by atoms with Crippen LogP contribution in [0.2, 0.25) is 5.02 Å². The van der Waals surface area contributed by atoms with Crippen molar-refractivity contribution in [3.8, 4) is 0 Å². The van der Waals surface area contributed by atoms with E-state index in [1.165, 1.54) is 5.56 Å². The standard InChI is InChI=1S/C19H25ClN2O/c1-13(14-2-4-15(20)5-3-14)22(16-6-7-16)18(23)17-12-19(17)8-10-21-11-9-19/h2-5,13,16-17,21H,6-12H2,1H3. The van der Waals surface area contributed by atoms with E-state index >= 15 is 0 Å². The van der Waals surface area contributed by atoms with Crippen molar-refractivity contribution in [3.63, 3.8) is 0 Å². The van der Waals surface area contributed by atoms with Gasteiger partial charge in [0.15, 0.2) is 0 Å².